The van der Waals surface area contributed by atoms with Gasteiger partial charge in [-0.25, -0.2) is 8.78 Å². The van der Waals surface area contributed by atoms with Gasteiger partial charge in [0.15, 0.2) is 0 Å². The molecule has 3 rings (SSSR count). The maximum atomic E-state index is 13.6. The summed E-state index contributed by atoms with van der Waals surface area (Å²) in [6.45, 7) is 0. The second-order valence-corrected chi connectivity index (χ2v) is 5.11. The average molecular weight is 259 g/mol. The fourth-order valence-corrected chi connectivity index (χ4v) is 2.81. The molecule has 0 bridgehead atoms. The Balaban J connectivity index is 1.75. The van der Waals surface area contributed by atoms with Crippen LogP contribution in [0.15, 0.2) is 42.5 Å². The van der Waals surface area contributed by atoms with Crippen molar-refractivity contribution in [1.82, 2.24) is 0 Å². The number of halogens is 2. The fourth-order valence-electron chi connectivity index (χ4n) is 2.81. The highest BCUT2D eigenvalue weighted by atomic mass is 19.1. The minimum absolute atomic E-state index is 0.385. The summed E-state index contributed by atoms with van der Waals surface area (Å²) < 4.78 is 26.5. The number of fused-ring (bicyclic) bond motifs is 1. The number of benzene rings is 2. The predicted molar refractivity (Wildman–Crippen MR) is 70.8 cm³/mol. The van der Waals surface area contributed by atoms with Crippen molar-refractivity contribution in [2.24, 2.45) is 5.73 Å². The molecular weight excluding hydrogens is 244 g/mol. The molecule has 98 valence electrons. The molecule has 0 radical (unpaired) electrons. The van der Waals surface area contributed by atoms with E-state index in [9.17, 15) is 8.78 Å². The van der Waals surface area contributed by atoms with Crippen molar-refractivity contribution in [1.29, 1.82) is 0 Å². The third-order valence-electron chi connectivity index (χ3n) is 3.86. The van der Waals surface area contributed by atoms with E-state index < -0.39 is 11.6 Å². The van der Waals surface area contributed by atoms with Gasteiger partial charge in [0.05, 0.1) is 0 Å². The Hall–Kier alpha value is -1.74. The molecule has 3 heteroatoms. The van der Waals surface area contributed by atoms with Crippen molar-refractivity contribution >= 4 is 0 Å². The van der Waals surface area contributed by atoms with Crippen molar-refractivity contribution in [2.45, 2.75) is 24.8 Å². The molecular formula is C16H15F2N. The van der Waals surface area contributed by atoms with Gasteiger partial charge in [-0.3, -0.25) is 0 Å². The van der Waals surface area contributed by atoms with Gasteiger partial charge in [0.1, 0.15) is 11.6 Å². The molecule has 1 aliphatic rings. The van der Waals surface area contributed by atoms with Gasteiger partial charge in [-0.05, 0) is 36.0 Å². The summed E-state index contributed by atoms with van der Waals surface area (Å²) >= 11 is 0. The molecule has 0 amide bonds. The Morgan fingerprint density at radius 1 is 1.16 bits per heavy atom. The van der Waals surface area contributed by atoms with E-state index >= 15 is 0 Å². The molecule has 2 N–H and O–H groups in total. The first-order valence-corrected chi connectivity index (χ1v) is 6.43. The van der Waals surface area contributed by atoms with Gasteiger partial charge in [-0.2, -0.15) is 0 Å². The molecule has 0 aliphatic heterocycles. The van der Waals surface area contributed by atoms with Gasteiger partial charge in [-0.1, -0.05) is 30.3 Å². The summed E-state index contributed by atoms with van der Waals surface area (Å²) in [6, 6.07) is 11.4. The Labute approximate surface area is 111 Å². The standard InChI is InChI=1S/C16H15F2N/c17-12-5-6-14(15(18)9-12)16(19)8-11-7-10-3-1-2-4-13(10)11/h1-6,9,11,16H,7-8,19H2. The van der Waals surface area contributed by atoms with Gasteiger partial charge >= 0.3 is 0 Å². The van der Waals surface area contributed by atoms with Crippen LogP contribution in [0.3, 0.4) is 0 Å². The van der Waals surface area contributed by atoms with Crippen molar-refractivity contribution in [2.75, 3.05) is 0 Å². The molecule has 0 saturated carbocycles. The molecule has 1 aliphatic carbocycles. The van der Waals surface area contributed by atoms with E-state index in [-0.39, 0.29) is 6.04 Å². The number of rotatable bonds is 3. The van der Waals surface area contributed by atoms with Crippen LogP contribution in [0.4, 0.5) is 8.78 Å². The number of hydrogen-bond donors (Lipinski definition) is 1. The van der Waals surface area contributed by atoms with E-state index in [1.54, 1.807) is 0 Å². The first-order chi connectivity index (χ1) is 9.15. The Morgan fingerprint density at radius 3 is 2.68 bits per heavy atom. The van der Waals surface area contributed by atoms with E-state index in [0.29, 0.717) is 17.9 Å². The lowest BCUT2D eigenvalue weighted by molar-refractivity contribution is 0.478. The van der Waals surface area contributed by atoms with Gasteiger partial charge in [0.25, 0.3) is 0 Å². The summed E-state index contributed by atoms with van der Waals surface area (Å²) in [6.07, 6.45) is 1.69. The monoisotopic (exact) mass is 259 g/mol. The highest BCUT2D eigenvalue weighted by molar-refractivity contribution is 5.40. The SMILES string of the molecule is NC(CC1Cc2ccccc21)c1ccc(F)cc1F. The topological polar surface area (TPSA) is 26.0 Å². The molecule has 2 atom stereocenters. The maximum Gasteiger partial charge on any atom is 0.130 e. The molecule has 0 spiro atoms. The lowest BCUT2D eigenvalue weighted by atomic mass is 9.74. The lowest BCUT2D eigenvalue weighted by Crippen LogP contribution is -2.23. The van der Waals surface area contributed by atoms with E-state index in [4.69, 9.17) is 5.73 Å². The van der Waals surface area contributed by atoms with E-state index in [1.165, 1.54) is 23.3 Å². The molecule has 19 heavy (non-hydrogen) atoms. The highest BCUT2D eigenvalue weighted by Crippen LogP contribution is 2.40. The van der Waals surface area contributed by atoms with Crippen LogP contribution in [-0.2, 0) is 6.42 Å². The zero-order valence-corrected chi connectivity index (χ0v) is 10.4. The number of hydrogen-bond acceptors (Lipinski definition) is 1. The van der Waals surface area contributed by atoms with Crippen LogP contribution in [0, 0.1) is 11.6 Å². The molecule has 0 aromatic heterocycles. The van der Waals surface area contributed by atoms with Gasteiger partial charge in [0, 0.05) is 17.7 Å². The van der Waals surface area contributed by atoms with Crippen LogP contribution in [0.2, 0.25) is 0 Å². The minimum Gasteiger partial charge on any atom is -0.324 e. The molecule has 1 nitrogen and oxygen atoms in total. The van der Waals surface area contributed by atoms with E-state index in [1.807, 2.05) is 12.1 Å². The summed E-state index contributed by atoms with van der Waals surface area (Å²) in [5.41, 5.74) is 9.10. The number of nitrogens with two attached hydrogens (primary N) is 1. The predicted octanol–water partition coefficient (Wildman–Crippen LogP) is 3.69. The molecule has 0 heterocycles. The smallest absolute Gasteiger partial charge is 0.130 e. The third kappa shape index (κ3) is 2.26. The first kappa shape index (κ1) is 12.3. The summed E-state index contributed by atoms with van der Waals surface area (Å²) in [7, 11) is 0. The van der Waals surface area contributed by atoms with E-state index in [0.717, 1.165) is 12.5 Å². The molecule has 0 saturated heterocycles. The van der Waals surface area contributed by atoms with Crippen LogP contribution in [0.25, 0.3) is 0 Å². The Kier molecular flexibility index (Phi) is 3.07. The fraction of sp³-hybridized carbons (Fsp3) is 0.250. The van der Waals surface area contributed by atoms with Crippen molar-refractivity contribution in [3.8, 4) is 0 Å². The van der Waals surface area contributed by atoms with Crippen molar-refractivity contribution in [3.05, 3.63) is 70.8 Å². The van der Waals surface area contributed by atoms with Crippen LogP contribution in [-0.4, -0.2) is 0 Å². The van der Waals surface area contributed by atoms with Gasteiger partial charge < -0.3 is 5.73 Å². The van der Waals surface area contributed by atoms with Crippen LogP contribution < -0.4 is 5.73 Å². The zero-order chi connectivity index (χ0) is 13.4. The highest BCUT2D eigenvalue weighted by Gasteiger charge is 2.28. The van der Waals surface area contributed by atoms with Gasteiger partial charge in [-0.15, -0.1) is 0 Å². The summed E-state index contributed by atoms with van der Waals surface area (Å²) in [5.74, 6) is -0.738. The van der Waals surface area contributed by atoms with Crippen LogP contribution in [0.5, 0.6) is 0 Å². The van der Waals surface area contributed by atoms with Crippen molar-refractivity contribution in [3.63, 3.8) is 0 Å². The molecule has 0 fully saturated rings. The normalized spacial score (nSPS) is 18.6. The van der Waals surface area contributed by atoms with Crippen molar-refractivity contribution < 1.29 is 8.78 Å². The largest absolute Gasteiger partial charge is 0.324 e. The Morgan fingerprint density at radius 2 is 1.95 bits per heavy atom. The summed E-state index contributed by atoms with van der Waals surface area (Å²) in [5, 5.41) is 0. The zero-order valence-electron chi connectivity index (χ0n) is 10.4. The average Bonchev–Trinajstić information content (AvgIpc) is 2.35. The van der Waals surface area contributed by atoms with Gasteiger partial charge in [0.2, 0.25) is 0 Å². The van der Waals surface area contributed by atoms with Crippen LogP contribution >= 0.6 is 0 Å². The minimum atomic E-state index is -0.567. The lowest BCUT2D eigenvalue weighted by Gasteiger charge is -2.32. The molecule has 2 aromatic rings. The van der Waals surface area contributed by atoms with Crippen LogP contribution in [0.1, 0.15) is 35.1 Å². The van der Waals surface area contributed by atoms with E-state index in [2.05, 4.69) is 12.1 Å². The summed E-state index contributed by atoms with van der Waals surface area (Å²) in [4.78, 5) is 0. The third-order valence-corrected chi connectivity index (χ3v) is 3.86. The molecule has 2 unspecified atom stereocenters. The maximum absolute atomic E-state index is 13.6. The molecule has 2 aromatic carbocycles. The second-order valence-electron chi connectivity index (χ2n) is 5.11. The first-order valence-electron chi connectivity index (χ1n) is 6.43. The second kappa shape index (κ2) is 4.74. The quantitative estimate of drug-likeness (QED) is 0.893. The Bertz CT molecular complexity index is 609.